The van der Waals surface area contributed by atoms with Gasteiger partial charge in [-0.3, -0.25) is 0 Å². The Morgan fingerprint density at radius 2 is 2.06 bits per heavy atom. The Labute approximate surface area is 107 Å². The second-order valence-corrected chi connectivity index (χ2v) is 4.26. The van der Waals surface area contributed by atoms with Crippen LogP contribution in [0.25, 0.3) is 0 Å². The molecule has 0 radical (unpaired) electrons. The molecule has 0 spiro atoms. The van der Waals surface area contributed by atoms with E-state index in [0.717, 1.165) is 5.69 Å². The molecule has 2 aromatic carbocycles. The molecule has 0 fully saturated rings. The second kappa shape index (κ2) is 5.24. The lowest BCUT2D eigenvalue weighted by molar-refractivity contribution is 1.14. The van der Waals surface area contributed by atoms with Gasteiger partial charge in [-0.15, -0.1) is 0 Å². The van der Waals surface area contributed by atoms with Crippen molar-refractivity contribution >= 4 is 11.4 Å². The smallest absolute Gasteiger partial charge is 0.101 e. The molecule has 0 aromatic heterocycles. The van der Waals surface area contributed by atoms with Crippen molar-refractivity contribution in [2.24, 2.45) is 0 Å². The standard InChI is InChI=1S/C15H15N3/c1-11-3-2-4-12(7-11)10-18-15-6-5-14(17)8-13(15)9-16/h2-8,18H,10,17H2,1H3. The normalized spacial score (nSPS) is 9.78. The molecular formula is C15H15N3. The summed E-state index contributed by atoms with van der Waals surface area (Å²) in [6, 6.07) is 15.7. The van der Waals surface area contributed by atoms with Crippen LogP contribution in [0.3, 0.4) is 0 Å². The van der Waals surface area contributed by atoms with Crippen molar-refractivity contribution in [3.05, 3.63) is 59.2 Å². The van der Waals surface area contributed by atoms with Crippen LogP contribution in [0.2, 0.25) is 0 Å². The molecule has 0 saturated heterocycles. The SMILES string of the molecule is Cc1cccc(CNc2ccc(N)cc2C#N)c1. The fourth-order valence-corrected chi connectivity index (χ4v) is 1.83. The summed E-state index contributed by atoms with van der Waals surface area (Å²) >= 11 is 0. The summed E-state index contributed by atoms with van der Waals surface area (Å²) in [4.78, 5) is 0. The fraction of sp³-hybridized carbons (Fsp3) is 0.133. The van der Waals surface area contributed by atoms with Crippen LogP contribution >= 0.6 is 0 Å². The number of nitriles is 1. The largest absolute Gasteiger partial charge is 0.399 e. The zero-order valence-electron chi connectivity index (χ0n) is 10.3. The predicted molar refractivity (Wildman–Crippen MR) is 74.1 cm³/mol. The van der Waals surface area contributed by atoms with Crippen molar-refractivity contribution in [1.82, 2.24) is 0 Å². The number of benzene rings is 2. The highest BCUT2D eigenvalue weighted by atomic mass is 14.9. The van der Waals surface area contributed by atoms with Gasteiger partial charge in [-0.2, -0.15) is 5.26 Å². The van der Waals surface area contributed by atoms with Gasteiger partial charge in [0.2, 0.25) is 0 Å². The lowest BCUT2D eigenvalue weighted by Crippen LogP contribution is -2.02. The van der Waals surface area contributed by atoms with Gasteiger partial charge in [-0.05, 0) is 30.7 Å². The van der Waals surface area contributed by atoms with Crippen LogP contribution in [0.4, 0.5) is 11.4 Å². The highest BCUT2D eigenvalue weighted by Gasteiger charge is 2.02. The van der Waals surface area contributed by atoms with E-state index in [0.29, 0.717) is 17.8 Å². The summed E-state index contributed by atoms with van der Waals surface area (Å²) < 4.78 is 0. The summed E-state index contributed by atoms with van der Waals surface area (Å²) in [5.74, 6) is 0. The monoisotopic (exact) mass is 237 g/mol. The van der Waals surface area contributed by atoms with Crippen LogP contribution in [0.1, 0.15) is 16.7 Å². The molecule has 0 amide bonds. The Bertz CT molecular complexity index is 597. The van der Waals surface area contributed by atoms with Gasteiger partial charge in [0.05, 0.1) is 11.3 Å². The molecule has 2 rings (SSSR count). The third kappa shape index (κ3) is 2.80. The summed E-state index contributed by atoms with van der Waals surface area (Å²) in [6.07, 6.45) is 0. The summed E-state index contributed by atoms with van der Waals surface area (Å²) in [7, 11) is 0. The second-order valence-electron chi connectivity index (χ2n) is 4.26. The number of nitrogen functional groups attached to an aromatic ring is 1. The van der Waals surface area contributed by atoms with Crippen LogP contribution in [0, 0.1) is 18.3 Å². The maximum absolute atomic E-state index is 9.04. The Kier molecular flexibility index (Phi) is 3.49. The van der Waals surface area contributed by atoms with E-state index in [9.17, 15) is 0 Å². The van der Waals surface area contributed by atoms with E-state index >= 15 is 0 Å². The molecule has 2 aromatic rings. The third-order valence-corrected chi connectivity index (χ3v) is 2.73. The van der Waals surface area contributed by atoms with E-state index in [-0.39, 0.29) is 0 Å². The van der Waals surface area contributed by atoms with Gasteiger partial charge >= 0.3 is 0 Å². The molecule has 3 heteroatoms. The van der Waals surface area contributed by atoms with Crippen molar-refractivity contribution in [3.63, 3.8) is 0 Å². The molecule has 18 heavy (non-hydrogen) atoms. The number of nitrogens with one attached hydrogen (secondary N) is 1. The molecule has 0 unspecified atom stereocenters. The van der Waals surface area contributed by atoms with Crippen molar-refractivity contribution in [2.75, 3.05) is 11.1 Å². The first kappa shape index (κ1) is 12.0. The van der Waals surface area contributed by atoms with Crippen LogP contribution in [0.15, 0.2) is 42.5 Å². The van der Waals surface area contributed by atoms with Crippen molar-refractivity contribution in [2.45, 2.75) is 13.5 Å². The van der Waals surface area contributed by atoms with E-state index in [1.165, 1.54) is 11.1 Å². The third-order valence-electron chi connectivity index (χ3n) is 2.73. The number of rotatable bonds is 3. The minimum atomic E-state index is 0.572. The minimum Gasteiger partial charge on any atom is -0.399 e. The first-order valence-electron chi connectivity index (χ1n) is 5.78. The number of nitrogens with two attached hydrogens (primary N) is 1. The predicted octanol–water partition coefficient (Wildman–Crippen LogP) is 3.06. The molecule has 0 aliphatic rings. The molecule has 0 bridgehead atoms. The topological polar surface area (TPSA) is 61.8 Å². The molecule has 0 aliphatic heterocycles. The number of nitrogens with zero attached hydrogens (tertiary/aromatic N) is 1. The molecule has 0 atom stereocenters. The quantitative estimate of drug-likeness (QED) is 0.806. The Morgan fingerprint density at radius 1 is 1.22 bits per heavy atom. The first-order valence-corrected chi connectivity index (χ1v) is 5.78. The van der Waals surface area contributed by atoms with Crippen LogP contribution in [0.5, 0.6) is 0 Å². The lowest BCUT2D eigenvalue weighted by atomic mass is 10.1. The van der Waals surface area contributed by atoms with Gasteiger partial charge in [-0.1, -0.05) is 29.8 Å². The van der Waals surface area contributed by atoms with Crippen LogP contribution in [-0.4, -0.2) is 0 Å². The first-order chi connectivity index (χ1) is 8.69. The molecule has 0 aliphatic carbocycles. The Morgan fingerprint density at radius 3 is 2.78 bits per heavy atom. The Hall–Kier alpha value is -2.47. The summed E-state index contributed by atoms with van der Waals surface area (Å²) in [5.41, 5.74) is 10.1. The van der Waals surface area contributed by atoms with E-state index in [4.69, 9.17) is 11.0 Å². The van der Waals surface area contributed by atoms with Crippen LogP contribution in [-0.2, 0) is 6.54 Å². The molecule has 3 nitrogen and oxygen atoms in total. The highest BCUT2D eigenvalue weighted by Crippen LogP contribution is 2.18. The van der Waals surface area contributed by atoms with Gasteiger partial charge in [-0.25, -0.2) is 0 Å². The number of anilines is 2. The summed E-state index contributed by atoms with van der Waals surface area (Å²) in [6.45, 7) is 2.76. The van der Waals surface area contributed by atoms with Gasteiger partial charge in [0.1, 0.15) is 6.07 Å². The van der Waals surface area contributed by atoms with Crippen molar-refractivity contribution < 1.29 is 0 Å². The minimum absolute atomic E-state index is 0.572. The molecule has 90 valence electrons. The van der Waals surface area contributed by atoms with Gasteiger partial charge in [0.15, 0.2) is 0 Å². The van der Waals surface area contributed by atoms with E-state index in [1.54, 1.807) is 12.1 Å². The van der Waals surface area contributed by atoms with E-state index < -0.39 is 0 Å². The van der Waals surface area contributed by atoms with Gasteiger partial charge in [0.25, 0.3) is 0 Å². The fourth-order valence-electron chi connectivity index (χ4n) is 1.83. The number of hydrogen-bond donors (Lipinski definition) is 2. The maximum atomic E-state index is 9.04. The number of aryl methyl sites for hydroxylation is 1. The zero-order valence-corrected chi connectivity index (χ0v) is 10.3. The highest BCUT2D eigenvalue weighted by molar-refractivity contribution is 5.63. The molecular weight excluding hydrogens is 222 g/mol. The number of hydrogen-bond acceptors (Lipinski definition) is 3. The van der Waals surface area contributed by atoms with E-state index in [2.05, 4.69) is 36.5 Å². The Balaban J connectivity index is 2.14. The van der Waals surface area contributed by atoms with Crippen molar-refractivity contribution in [3.8, 4) is 6.07 Å². The summed E-state index contributed by atoms with van der Waals surface area (Å²) in [5, 5.41) is 12.3. The zero-order chi connectivity index (χ0) is 13.0. The average molecular weight is 237 g/mol. The van der Waals surface area contributed by atoms with Gasteiger partial charge in [0, 0.05) is 12.2 Å². The molecule has 0 heterocycles. The molecule has 0 saturated carbocycles. The average Bonchev–Trinajstić information content (AvgIpc) is 2.37. The lowest BCUT2D eigenvalue weighted by Gasteiger charge is -2.09. The maximum Gasteiger partial charge on any atom is 0.101 e. The van der Waals surface area contributed by atoms with Crippen molar-refractivity contribution in [1.29, 1.82) is 5.26 Å². The van der Waals surface area contributed by atoms with Gasteiger partial charge < -0.3 is 11.1 Å². The molecule has 3 N–H and O–H groups in total. The van der Waals surface area contributed by atoms with Crippen LogP contribution < -0.4 is 11.1 Å². The van der Waals surface area contributed by atoms with E-state index in [1.807, 2.05) is 12.1 Å².